The Bertz CT molecular complexity index is 391. The molecule has 0 aromatic heterocycles. The zero-order chi connectivity index (χ0) is 9.42. The first-order valence-electron chi connectivity index (χ1n) is 4.31. The Morgan fingerprint density at radius 2 is 1.92 bits per heavy atom. The summed E-state index contributed by atoms with van der Waals surface area (Å²) in [6.45, 7) is 1.95. The summed E-state index contributed by atoms with van der Waals surface area (Å²) < 4.78 is 0. The fraction of sp³-hybridized carbons (Fsp3) is 0.273. The van der Waals surface area contributed by atoms with E-state index in [4.69, 9.17) is 0 Å². The van der Waals surface area contributed by atoms with Gasteiger partial charge < -0.3 is 0 Å². The van der Waals surface area contributed by atoms with Gasteiger partial charge in [0.2, 0.25) is 0 Å². The molecule has 1 aliphatic carbocycles. The van der Waals surface area contributed by atoms with Crippen molar-refractivity contribution >= 4 is 11.6 Å². The van der Waals surface area contributed by atoms with Crippen LogP contribution in [0.5, 0.6) is 0 Å². The van der Waals surface area contributed by atoms with Crippen molar-refractivity contribution in [3.8, 4) is 0 Å². The second-order valence-corrected chi connectivity index (χ2v) is 3.48. The van der Waals surface area contributed by atoms with Gasteiger partial charge in [-0.15, -0.1) is 0 Å². The van der Waals surface area contributed by atoms with Crippen molar-refractivity contribution in [1.82, 2.24) is 0 Å². The van der Waals surface area contributed by atoms with Crippen molar-refractivity contribution in [2.75, 3.05) is 0 Å². The normalized spacial score (nSPS) is 15.8. The Morgan fingerprint density at radius 3 is 2.69 bits per heavy atom. The first-order chi connectivity index (χ1) is 6.16. The zero-order valence-electron chi connectivity index (χ0n) is 7.46. The van der Waals surface area contributed by atoms with Crippen LogP contribution >= 0.6 is 0 Å². The summed E-state index contributed by atoms with van der Waals surface area (Å²) in [6.07, 6.45) is 0.498. The fourth-order valence-corrected chi connectivity index (χ4v) is 1.65. The highest BCUT2D eigenvalue weighted by molar-refractivity contribution is 6.12. The number of carbonyl (C=O) groups excluding carboxylic acids is 2. The maximum Gasteiger partial charge on any atom is 0.170 e. The summed E-state index contributed by atoms with van der Waals surface area (Å²) in [5.41, 5.74) is 2.69. The lowest BCUT2D eigenvalue weighted by molar-refractivity contribution is -0.117. The quantitative estimate of drug-likeness (QED) is 0.561. The molecule has 0 heterocycles. The monoisotopic (exact) mass is 174 g/mol. The van der Waals surface area contributed by atoms with Crippen LogP contribution in [0.2, 0.25) is 0 Å². The van der Waals surface area contributed by atoms with Crippen LogP contribution in [0.4, 0.5) is 0 Å². The lowest BCUT2D eigenvalue weighted by Crippen LogP contribution is -2.19. The van der Waals surface area contributed by atoms with Crippen LogP contribution in [-0.2, 0) is 11.2 Å². The maximum atomic E-state index is 11.4. The van der Waals surface area contributed by atoms with E-state index in [1.54, 1.807) is 0 Å². The van der Waals surface area contributed by atoms with Gasteiger partial charge in [0.05, 0.1) is 6.42 Å². The zero-order valence-corrected chi connectivity index (χ0v) is 7.46. The van der Waals surface area contributed by atoms with Gasteiger partial charge in [0.25, 0.3) is 0 Å². The number of hydrogen-bond acceptors (Lipinski definition) is 2. The van der Waals surface area contributed by atoms with E-state index in [0.29, 0.717) is 6.42 Å². The SMILES string of the molecule is Cc1ccc2c(c1)C(=O)CC(=O)C2. The first kappa shape index (κ1) is 8.17. The third kappa shape index (κ3) is 1.39. The molecule has 2 nitrogen and oxygen atoms in total. The molecule has 0 fully saturated rings. The van der Waals surface area contributed by atoms with E-state index < -0.39 is 0 Å². The van der Waals surface area contributed by atoms with Crippen LogP contribution in [0.3, 0.4) is 0 Å². The van der Waals surface area contributed by atoms with Gasteiger partial charge in [0, 0.05) is 12.0 Å². The lowest BCUT2D eigenvalue weighted by Gasteiger charge is -2.13. The van der Waals surface area contributed by atoms with Gasteiger partial charge in [0.15, 0.2) is 5.78 Å². The molecule has 0 atom stereocenters. The smallest absolute Gasteiger partial charge is 0.170 e. The minimum absolute atomic E-state index is 0.0290. The lowest BCUT2D eigenvalue weighted by atomic mass is 9.89. The largest absolute Gasteiger partial charge is 0.299 e. The molecule has 2 heteroatoms. The Balaban J connectivity index is 2.55. The van der Waals surface area contributed by atoms with E-state index in [2.05, 4.69) is 0 Å². The van der Waals surface area contributed by atoms with Gasteiger partial charge >= 0.3 is 0 Å². The summed E-state index contributed by atoms with van der Waals surface area (Å²) in [7, 11) is 0. The van der Waals surface area contributed by atoms with E-state index in [-0.39, 0.29) is 18.0 Å². The van der Waals surface area contributed by atoms with Crippen molar-refractivity contribution in [3.63, 3.8) is 0 Å². The second kappa shape index (κ2) is 2.80. The number of rotatable bonds is 0. The van der Waals surface area contributed by atoms with Gasteiger partial charge in [0.1, 0.15) is 5.78 Å². The van der Waals surface area contributed by atoms with E-state index in [0.717, 1.165) is 16.7 Å². The Labute approximate surface area is 76.6 Å². The van der Waals surface area contributed by atoms with Gasteiger partial charge in [-0.05, 0) is 18.6 Å². The van der Waals surface area contributed by atoms with Crippen LogP contribution in [0.15, 0.2) is 18.2 Å². The molecule has 0 aliphatic heterocycles. The van der Waals surface area contributed by atoms with E-state index in [1.165, 1.54) is 0 Å². The van der Waals surface area contributed by atoms with Crippen LogP contribution in [0, 0.1) is 6.92 Å². The summed E-state index contributed by atoms with van der Waals surface area (Å²) >= 11 is 0. The highest BCUT2D eigenvalue weighted by atomic mass is 16.1. The Morgan fingerprint density at radius 1 is 1.15 bits per heavy atom. The molecule has 0 radical (unpaired) electrons. The van der Waals surface area contributed by atoms with E-state index in [1.807, 2.05) is 25.1 Å². The molecule has 0 N–H and O–H groups in total. The van der Waals surface area contributed by atoms with E-state index in [9.17, 15) is 9.59 Å². The molecule has 0 spiro atoms. The molecule has 13 heavy (non-hydrogen) atoms. The summed E-state index contributed by atoms with van der Waals surface area (Å²) in [4.78, 5) is 22.5. The van der Waals surface area contributed by atoms with Crippen molar-refractivity contribution in [3.05, 3.63) is 34.9 Å². The average molecular weight is 174 g/mol. The standard InChI is InChI=1S/C11H10O2/c1-7-2-3-8-5-9(12)6-11(13)10(8)4-7/h2-4H,5-6H2,1H3. The number of aryl methyl sites for hydroxylation is 1. The highest BCUT2D eigenvalue weighted by Crippen LogP contribution is 2.20. The molecule has 1 aromatic rings. The van der Waals surface area contributed by atoms with Gasteiger partial charge in [-0.2, -0.15) is 0 Å². The number of carbonyl (C=O) groups is 2. The predicted octanol–water partition coefficient (Wildman–Crippen LogP) is 1.69. The van der Waals surface area contributed by atoms with Crippen molar-refractivity contribution in [1.29, 1.82) is 0 Å². The van der Waals surface area contributed by atoms with E-state index >= 15 is 0 Å². The summed E-state index contributed by atoms with van der Waals surface area (Å²) in [5.74, 6) is -0.00342. The first-order valence-corrected chi connectivity index (χ1v) is 4.31. The highest BCUT2D eigenvalue weighted by Gasteiger charge is 2.22. The van der Waals surface area contributed by atoms with Crippen LogP contribution in [0.25, 0.3) is 0 Å². The van der Waals surface area contributed by atoms with Gasteiger partial charge in [-0.1, -0.05) is 17.7 Å². The third-order valence-electron chi connectivity index (χ3n) is 2.31. The number of fused-ring (bicyclic) bond motifs is 1. The minimum Gasteiger partial charge on any atom is -0.299 e. The molecule has 2 rings (SSSR count). The summed E-state index contributed by atoms with van der Waals surface area (Å²) in [6, 6.07) is 5.68. The van der Waals surface area contributed by atoms with Crippen molar-refractivity contribution < 1.29 is 9.59 Å². The molecule has 0 saturated heterocycles. The minimum atomic E-state index is -0.0325. The molecule has 1 aromatic carbocycles. The van der Waals surface area contributed by atoms with Crippen molar-refractivity contribution in [2.45, 2.75) is 19.8 Å². The third-order valence-corrected chi connectivity index (χ3v) is 2.31. The van der Waals surface area contributed by atoms with Gasteiger partial charge in [-0.3, -0.25) is 9.59 Å². The molecule has 1 aliphatic rings. The predicted molar refractivity (Wildman–Crippen MR) is 48.8 cm³/mol. The molecule has 0 bridgehead atoms. The van der Waals surface area contributed by atoms with Crippen LogP contribution < -0.4 is 0 Å². The molecular weight excluding hydrogens is 164 g/mol. The molecule has 0 amide bonds. The number of ketones is 2. The fourth-order valence-electron chi connectivity index (χ4n) is 1.65. The van der Waals surface area contributed by atoms with Crippen molar-refractivity contribution in [2.24, 2.45) is 0 Å². The molecular formula is C11H10O2. The Hall–Kier alpha value is -1.44. The molecule has 66 valence electrons. The van der Waals surface area contributed by atoms with Crippen LogP contribution in [0.1, 0.15) is 27.9 Å². The molecule has 0 saturated carbocycles. The maximum absolute atomic E-state index is 11.4. The number of benzene rings is 1. The molecule has 0 unspecified atom stereocenters. The van der Waals surface area contributed by atoms with Crippen LogP contribution in [-0.4, -0.2) is 11.6 Å². The second-order valence-electron chi connectivity index (χ2n) is 3.48. The topological polar surface area (TPSA) is 34.1 Å². The number of hydrogen-bond donors (Lipinski definition) is 0. The Kier molecular flexibility index (Phi) is 1.76. The summed E-state index contributed by atoms with van der Waals surface area (Å²) in [5, 5.41) is 0. The number of Topliss-reactive ketones (excluding diaryl/α,β-unsaturated/α-hetero) is 2. The average Bonchev–Trinajstić information content (AvgIpc) is 2.06. The van der Waals surface area contributed by atoms with Gasteiger partial charge in [-0.25, -0.2) is 0 Å².